The molecule has 0 aliphatic heterocycles. The Kier molecular flexibility index (Phi) is 6.89. The molecule has 172 valence electrons. The third kappa shape index (κ3) is 5.63. The lowest BCUT2D eigenvalue weighted by atomic mass is 10.2. The number of anilines is 2. The molecule has 0 aliphatic rings. The van der Waals surface area contributed by atoms with Crippen LogP contribution in [0.3, 0.4) is 0 Å². The number of benzene rings is 4. The first-order valence-electron chi connectivity index (χ1n) is 10.8. The Morgan fingerprint density at radius 1 is 0.600 bits per heavy atom. The number of nitrogens with zero attached hydrogens (tertiary/aromatic N) is 2. The summed E-state index contributed by atoms with van der Waals surface area (Å²) < 4.78 is 10.9. The summed E-state index contributed by atoms with van der Waals surface area (Å²) in [5, 5.41) is 3.42. The van der Waals surface area contributed by atoms with E-state index in [0.717, 1.165) is 36.8 Å². The second-order valence-electron chi connectivity index (χ2n) is 7.41. The number of fused-ring (bicyclic) bond motifs is 2. The average Bonchev–Trinajstić information content (AvgIpc) is 3.48. The van der Waals surface area contributed by atoms with Crippen molar-refractivity contribution in [3.63, 3.8) is 0 Å². The van der Waals surface area contributed by atoms with Gasteiger partial charge in [0.05, 0.1) is 20.4 Å². The third-order valence-corrected chi connectivity index (χ3v) is 13.2. The van der Waals surface area contributed by atoms with Gasteiger partial charge in [0.1, 0.15) is 5.75 Å². The van der Waals surface area contributed by atoms with Crippen molar-refractivity contribution in [3.8, 4) is 5.75 Å². The van der Waals surface area contributed by atoms with E-state index in [1.165, 1.54) is 9.40 Å². The van der Waals surface area contributed by atoms with E-state index in [-0.39, 0.29) is 0 Å². The summed E-state index contributed by atoms with van der Waals surface area (Å²) in [5.41, 5.74) is 4.12. The maximum Gasteiger partial charge on any atom is 0.224 e. The lowest BCUT2D eigenvalue weighted by Crippen LogP contribution is -1.89. The predicted molar refractivity (Wildman–Crippen MR) is 155 cm³/mol. The largest absolute Gasteiger partial charge is 0.452 e. The minimum atomic E-state index is -1.01. The lowest BCUT2D eigenvalue weighted by molar-refractivity contribution is 0.639. The van der Waals surface area contributed by atoms with Gasteiger partial charge in [0.2, 0.25) is 6.55 Å². The van der Waals surface area contributed by atoms with E-state index < -0.39 is 6.55 Å². The summed E-state index contributed by atoms with van der Waals surface area (Å²) in [6, 6.07) is 34.7. The van der Waals surface area contributed by atoms with Gasteiger partial charge in [0.15, 0.2) is 8.68 Å². The summed E-state index contributed by atoms with van der Waals surface area (Å²) in [4.78, 5) is 9.63. The van der Waals surface area contributed by atoms with Crippen LogP contribution in [-0.4, -0.2) is 9.97 Å². The molecule has 0 fully saturated rings. The summed E-state index contributed by atoms with van der Waals surface area (Å²) in [6.07, 6.45) is 0. The average molecular weight is 548 g/mol. The lowest BCUT2D eigenvalue weighted by Gasteiger charge is -2.15. The molecule has 0 unspecified atom stereocenters. The molecule has 2 heterocycles. The molecule has 2 aromatic heterocycles. The van der Waals surface area contributed by atoms with Crippen LogP contribution in [0.1, 0.15) is 0 Å². The van der Waals surface area contributed by atoms with Gasteiger partial charge in [-0.25, -0.2) is 9.97 Å². The Morgan fingerprint density at radius 2 is 1.11 bits per heavy atom. The second kappa shape index (κ2) is 10.6. The number of para-hydroxylation sites is 3. The quantitative estimate of drug-likeness (QED) is 0.191. The zero-order valence-corrected chi connectivity index (χ0v) is 22.4. The maximum atomic E-state index is 6.52. The molecule has 0 spiro atoms. The van der Waals surface area contributed by atoms with Gasteiger partial charge in [-0.2, -0.15) is 0 Å². The number of hydrogen-bond donors (Lipinski definition) is 1. The van der Waals surface area contributed by atoms with Crippen molar-refractivity contribution >= 4 is 83.8 Å². The Morgan fingerprint density at radius 3 is 1.69 bits per heavy atom. The minimum absolute atomic E-state index is 0.831. The Hall–Kier alpha value is -2.61. The molecular weight excluding hydrogens is 530 g/mol. The highest BCUT2D eigenvalue weighted by molar-refractivity contribution is 8.87. The van der Waals surface area contributed by atoms with Crippen LogP contribution in [0.25, 0.3) is 20.4 Å². The highest BCUT2D eigenvalue weighted by atomic mass is 33.1. The Bertz CT molecular complexity index is 1430. The van der Waals surface area contributed by atoms with Crippen molar-refractivity contribution in [2.45, 2.75) is 8.68 Å². The first-order chi connectivity index (χ1) is 17.3. The van der Waals surface area contributed by atoms with E-state index in [0.29, 0.717) is 0 Å². The van der Waals surface area contributed by atoms with Crippen LogP contribution in [-0.2, 0) is 0 Å². The molecular formula is C26H18N3OPS4. The Balaban J connectivity index is 1.23. The molecule has 0 radical (unpaired) electrons. The second-order valence-corrected chi connectivity index (χ2v) is 15.5. The molecule has 6 aromatic rings. The van der Waals surface area contributed by atoms with E-state index in [2.05, 4.69) is 41.7 Å². The monoisotopic (exact) mass is 547 g/mol. The number of rotatable bonds is 8. The number of thiazole rings is 2. The molecule has 9 heteroatoms. The van der Waals surface area contributed by atoms with E-state index in [1.54, 1.807) is 45.4 Å². The third-order valence-electron chi connectivity index (χ3n) is 4.95. The Labute approximate surface area is 220 Å². The van der Waals surface area contributed by atoms with Crippen LogP contribution < -0.4 is 9.84 Å². The van der Waals surface area contributed by atoms with E-state index in [4.69, 9.17) is 14.5 Å². The molecule has 6 rings (SSSR count). The number of aromatic nitrogens is 2. The highest BCUT2D eigenvalue weighted by Crippen LogP contribution is 2.67. The molecule has 4 nitrogen and oxygen atoms in total. The summed E-state index contributed by atoms with van der Waals surface area (Å²) in [5.74, 6) is 0.831. The first-order valence-corrected chi connectivity index (χ1v) is 16.5. The molecule has 1 N–H and O–H groups in total. The normalized spacial score (nSPS) is 11.3. The van der Waals surface area contributed by atoms with Gasteiger partial charge >= 0.3 is 0 Å². The molecule has 0 saturated carbocycles. The highest BCUT2D eigenvalue weighted by Gasteiger charge is 2.21. The van der Waals surface area contributed by atoms with Crippen LogP contribution in [0.2, 0.25) is 0 Å². The molecule has 0 atom stereocenters. The van der Waals surface area contributed by atoms with Gasteiger partial charge in [-0.05, 0) is 83.4 Å². The summed E-state index contributed by atoms with van der Waals surface area (Å²) >= 11 is 6.78. The fourth-order valence-corrected chi connectivity index (χ4v) is 12.7. The van der Waals surface area contributed by atoms with Crippen molar-refractivity contribution in [3.05, 3.63) is 103 Å². The van der Waals surface area contributed by atoms with Gasteiger partial charge in [-0.3, -0.25) is 0 Å². The van der Waals surface area contributed by atoms with Crippen molar-refractivity contribution < 1.29 is 4.52 Å². The molecule has 0 amide bonds. The molecule has 0 bridgehead atoms. The zero-order valence-electron chi connectivity index (χ0n) is 18.2. The SMILES string of the molecule is c1ccc(Nc2ccc(OP(Sc3nc4ccccc4s3)Sc3nc4ccccc4s3)cc2)cc1. The van der Waals surface area contributed by atoms with Crippen LogP contribution in [0.5, 0.6) is 5.75 Å². The van der Waals surface area contributed by atoms with Crippen molar-refractivity contribution in [2.24, 2.45) is 0 Å². The van der Waals surface area contributed by atoms with Crippen LogP contribution in [0, 0.1) is 0 Å². The maximum absolute atomic E-state index is 6.52. The van der Waals surface area contributed by atoms with E-state index >= 15 is 0 Å². The zero-order chi connectivity index (χ0) is 23.5. The van der Waals surface area contributed by atoms with Crippen molar-refractivity contribution in [2.75, 3.05) is 5.32 Å². The van der Waals surface area contributed by atoms with E-state index in [9.17, 15) is 0 Å². The fraction of sp³-hybridized carbons (Fsp3) is 0. The van der Waals surface area contributed by atoms with Gasteiger partial charge in [-0.15, -0.1) is 22.7 Å². The fourth-order valence-electron chi connectivity index (χ4n) is 3.34. The van der Waals surface area contributed by atoms with Crippen LogP contribution >= 0.6 is 52.0 Å². The number of nitrogens with one attached hydrogen (secondary N) is 1. The smallest absolute Gasteiger partial charge is 0.224 e. The van der Waals surface area contributed by atoms with Crippen molar-refractivity contribution in [1.82, 2.24) is 9.97 Å². The summed E-state index contributed by atoms with van der Waals surface area (Å²) in [6.45, 7) is -1.01. The van der Waals surface area contributed by atoms with Crippen molar-refractivity contribution in [1.29, 1.82) is 0 Å². The van der Waals surface area contributed by atoms with Crippen LogP contribution in [0.4, 0.5) is 11.4 Å². The molecule has 0 aliphatic carbocycles. The van der Waals surface area contributed by atoms with Gasteiger partial charge in [0, 0.05) is 11.4 Å². The van der Waals surface area contributed by atoms with Gasteiger partial charge in [0.25, 0.3) is 0 Å². The molecule has 35 heavy (non-hydrogen) atoms. The molecule has 0 saturated heterocycles. The van der Waals surface area contributed by atoms with E-state index in [1.807, 2.05) is 66.7 Å². The summed E-state index contributed by atoms with van der Waals surface area (Å²) in [7, 11) is 0. The number of hydrogen-bond acceptors (Lipinski definition) is 8. The predicted octanol–water partition coefficient (Wildman–Crippen LogP) is 9.84. The van der Waals surface area contributed by atoms with Gasteiger partial charge < -0.3 is 9.84 Å². The topological polar surface area (TPSA) is 47.0 Å². The standard InChI is InChI=1S/C26H18N3OPS4/c1-2-8-18(9-3-1)27-19-14-16-20(17-15-19)30-31(34-25-28-21-10-4-6-12-23(21)32-25)35-26-29-22-11-5-7-13-24(22)33-26/h1-17,27H. The minimum Gasteiger partial charge on any atom is -0.452 e. The first kappa shape index (κ1) is 22.8. The van der Waals surface area contributed by atoms with Crippen LogP contribution in [0.15, 0.2) is 112 Å². The van der Waals surface area contributed by atoms with Gasteiger partial charge in [-0.1, -0.05) is 42.5 Å². The molecule has 4 aromatic carbocycles.